The third kappa shape index (κ3) is 2.47. The van der Waals surface area contributed by atoms with Crippen molar-refractivity contribution in [1.29, 1.82) is 0 Å². The molecule has 0 bridgehead atoms. The molecular weight excluding hydrogens is 262 g/mol. The highest BCUT2D eigenvalue weighted by atomic mass is 16.5. The Kier molecular flexibility index (Phi) is 3.97. The minimum atomic E-state index is -0.932. The molecule has 0 aliphatic rings. The van der Waals surface area contributed by atoms with Crippen molar-refractivity contribution in [1.82, 2.24) is 9.55 Å². The normalized spacial score (nSPS) is 10.6. The molecule has 0 amide bonds. The van der Waals surface area contributed by atoms with Gasteiger partial charge in [-0.25, -0.2) is 4.98 Å². The largest absolute Gasteiger partial charge is 0.493 e. The Bertz CT molecular complexity index is 636. The van der Waals surface area contributed by atoms with Crippen LogP contribution in [0.15, 0.2) is 12.1 Å². The van der Waals surface area contributed by atoms with Crippen molar-refractivity contribution in [3.8, 4) is 11.5 Å². The Morgan fingerprint density at radius 2 is 2.00 bits per heavy atom. The van der Waals surface area contributed by atoms with E-state index in [-0.39, 0.29) is 6.54 Å². The Balaban J connectivity index is 2.64. The predicted molar refractivity (Wildman–Crippen MR) is 74.6 cm³/mol. The van der Waals surface area contributed by atoms with E-state index in [9.17, 15) is 4.79 Å². The average molecular weight is 279 g/mol. The number of imidazole rings is 1. The van der Waals surface area contributed by atoms with Crippen LogP contribution in [0.2, 0.25) is 0 Å². The lowest BCUT2D eigenvalue weighted by molar-refractivity contribution is -0.137. The van der Waals surface area contributed by atoms with Crippen molar-refractivity contribution in [3.63, 3.8) is 0 Å². The number of carbonyl (C=O) groups is 1. The van der Waals surface area contributed by atoms with E-state index in [1.54, 1.807) is 23.8 Å². The number of aliphatic carboxylic acids is 1. The van der Waals surface area contributed by atoms with Crippen molar-refractivity contribution in [2.75, 3.05) is 26.1 Å². The molecule has 0 saturated carbocycles. The molecule has 2 N–H and O–H groups in total. The molecule has 0 spiro atoms. The molecule has 0 fully saturated rings. The van der Waals surface area contributed by atoms with Crippen LogP contribution >= 0.6 is 0 Å². The molecule has 2 rings (SSSR count). The summed E-state index contributed by atoms with van der Waals surface area (Å²) in [5.41, 5.74) is 1.33. The second kappa shape index (κ2) is 5.68. The highest BCUT2D eigenvalue weighted by molar-refractivity contribution is 5.84. The minimum Gasteiger partial charge on any atom is -0.493 e. The summed E-state index contributed by atoms with van der Waals surface area (Å²) in [4.78, 5) is 15.4. The SMILES string of the molecule is CCNc1nc2cc(OC)c(OC)cc2n1CC(=O)O. The highest BCUT2D eigenvalue weighted by Gasteiger charge is 2.16. The molecule has 0 aliphatic carbocycles. The Hall–Kier alpha value is -2.44. The Morgan fingerprint density at radius 3 is 2.55 bits per heavy atom. The standard InChI is InChI=1S/C13H17N3O4/c1-4-14-13-15-8-5-10(19-2)11(20-3)6-9(8)16(13)7-12(17)18/h5-6H,4,7H2,1-3H3,(H,14,15)(H,17,18). The first-order chi connectivity index (χ1) is 9.60. The van der Waals surface area contributed by atoms with Gasteiger partial charge in [-0.3, -0.25) is 9.36 Å². The van der Waals surface area contributed by atoms with E-state index in [0.717, 1.165) is 0 Å². The first kappa shape index (κ1) is 14.0. The number of nitrogens with zero attached hydrogens (tertiary/aromatic N) is 2. The fraction of sp³-hybridized carbons (Fsp3) is 0.385. The van der Waals surface area contributed by atoms with Gasteiger partial charge in [0.15, 0.2) is 11.5 Å². The van der Waals surface area contributed by atoms with Gasteiger partial charge in [0.25, 0.3) is 0 Å². The number of carboxylic acids is 1. The number of rotatable bonds is 6. The van der Waals surface area contributed by atoms with Crippen molar-refractivity contribution in [2.45, 2.75) is 13.5 Å². The van der Waals surface area contributed by atoms with Gasteiger partial charge in [0.1, 0.15) is 6.54 Å². The van der Waals surface area contributed by atoms with Gasteiger partial charge >= 0.3 is 5.97 Å². The molecule has 1 aromatic carbocycles. The summed E-state index contributed by atoms with van der Waals surface area (Å²) in [5, 5.41) is 12.1. The minimum absolute atomic E-state index is 0.172. The van der Waals surface area contributed by atoms with Crippen molar-refractivity contribution in [2.24, 2.45) is 0 Å². The quantitative estimate of drug-likeness (QED) is 0.834. The lowest BCUT2D eigenvalue weighted by Crippen LogP contribution is -2.13. The molecule has 0 atom stereocenters. The lowest BCUT2D eigenvalue weighted by Gasteiger charge is -2.09. The lowest BCUT2D eigenvalue weighted by atomic mass is 10.2. The zero-order valence-electron chi connectivity index (χ0n) is 11.6. The molecule has 1 heterocycles. The van der Waals surface area contributed by atoms with Crippen LogP contribution in [-0.2, 0) is 11.3 Å². The number of ether oxygens (including phenoxy) is 2. The van der Waals surface area contributed by atoms with Gasteiger partial charge in [-0.2, -0.15) is 0 Å². The summed E-state index contributed by atoms with van der Waals surface area (Å²) in [7, 11) is 3.08. The summed E-state index contributed by atoms with van der Waals surface area (Å²) in [5.74, 6) is 0.677. The van der Waals surface area contributed by atoms with Gasteiger partial charge in [-0.1, -0.05) is 0 Å². The van der Waals surface area contributed by atoms with E-state index < -0.39 is 5.97 Å². The van der Waals surface area contributed by atoms with Crippen LogP contribution in [0.1, 0.15) is 6.92 Å². The monoisotopic (exact) mass is 279 g/mol. The van der Waals surface area contributed by atoms with E-state index in [1.807, 2.05) is 6.92 Å². The zero-order chi connectivity index (χ0) is 14.7. The van der Waals surface area contributed by atoms with Crippen molar-refractivity contribution in [3.05, 3.63) is 12.1 Å². The van der Waals surface area contributed by atoms with Gasteiger partial charge in [-0.15, -0.1) is 0 Å². The number of benzene rings is 1. The summed E-state index contributed by atoms with van der Waals surface area (Å²) in [6, 6.07) is 3.46. The van der Waals surface area contributed by atoms with Gasteiger partial charge in [0.2, 0.25) is 5.95 Å². The summed E-state index contributed by atoms with van der Waals surface area (Å²) in [6.45, 7) is 2.40. The number of anilines is 1. The molecular formula is C13H17N3O4. The highest BCUT2D eigenvalue weighted by Crippen LogP contribution is 2.33. The van der Waals surface area contributed by atoms with Crippen LogP contribution in [0, 0.1) is 0 Å². The molecule has 108 valence electrons. The summed E-state index contributed by atoms with van der Waals surface area (Å²) in [6.07, 6.45) is 0. The van der Waals surface area contributed by atoms with Gasteiger partial charge < -0.3 is 19.9 Å². The van der Waals surface area contributed by atoms with E-state index in [0.29, 0.717) is 35.0 Å². The molecule has 7 nitrogen and oxygen atoms in total. The third-order valence-electron chi connectivity index (χ3n) is 2.88. The van der Waals surface area contributed by atoms with E-state index in [4.69, 9.17) is 14.6 Å². The number of hydrogen-bond acceptors (Lipinski definition) is 5. The van der Waals surface area contributed by atoms with Crippen LogP contribution in [0.4, 0.5) is 5.95 Å². The van der Waals surface area contributed by atoms with Gasteiger partial charge in [-0.05, 0) is 6.92 Å². The average Bonchev–Trinajstić information content (AvgIpc) is 2.74. The second-order valence-corrected chi connectivity index (χ2v) is 4.14. The number of hydrogen-bond donors (Lipinski definition) is 2. The van der Waals surface area contributed by atoms with Crippen LogP contribution in [0.3, 0.4) is 0 Å². The van der Waals surface area contributed by atoms with Crippen LogP contribution in [-0.4, -0.2) is 41.4 Å². The van der Waals surface area contributed by atoms with Crippen LogP contribution in [0.5, 0.6) is 11.5 Å². The fourth-order valence-electron chi connectivity index (χ4n) is 2.04. The first-order valence-corrected chi connectivity index (χ1v) is 6.18. The second-order valence-electron chi connectivity index (χ2n) is 4.14. The number of aromatic nitrogens is 2. The Morgan fingerprint density at radius 1 is 1.35 bits per heavy atom. The maximum absolute atomic E-state index is 11.0. The van der Waals surface area contributed by atoms with Crippen molar-refractivity contribution < 1.29 is 19.4 Å². The first-order valence-electron chi connectivity index (χ1n) is 6.18. The molecule has 0 saturated heterocycles. The molecule has 0 unspecified atom stereocenters. The smallest absolute Gasteiger partial charge is 0.323 e. The van der Waals surface area contributed by atoms with E-state index in [1.165, 1.54) is 7.11 Å². The van der Waals surface area contributed by atoms with Gasteiger partial charge in [0, 0.05) is 18.7 Å². The fourth-order valence-corrected chi connectivity index (χ4v) is 2.04. The van der Waals surface area contributed by atoms with E-state index >= 15 is 0 Å². The van der Waals surface area contributed by atoms with Crippen LogP contribution in [0.25, 0.3) is 11.0 Å². The van der Waals surface area contributed by atoms with Crippen LogP contribution < -0.4 is 14.8 Å². The summed E-state index contributed by atoms with van der Waals surface area (Å²) < 4.78 is 12.1. The molecule has 2 aromatic rings. The number of fused-ring (bicyclic) bond motifs is 1. The molecule has 20 heavy (non-hydrogen) atoms. The molecule has 1 aromatic heterocycles. The third-order valence-corrected chi connectivity index (χ3v) is 2.88. The zero-order valence-corrected chi connectivity index (χ0v) is 11.6. The Labute approximate surface area is 116 Å². The maximum Gasteiger partial charge on any atom is 0.323 e. The molecule has 7 heteroatoms. The van der Waals surface area contributed by atoms with Gasteiger partial charge in [0.05, 0.1) is 25.3 Å². The van der Waals surface area contributed by atoms with E-state index in [2.05, 4.69) is 10.3 Å². The number of carboxylic acid groups (broad SMARTS) is 1. The molecule has 0 aliphatic heterocycles. The topological polar surface area (TPSA) is 85.6 Å². The number of methoxy groups -OCH3 is 2. The molecule has 0 radical (unpaired) electrons. The van der Waals surface area contributed by atoms with Crippen molar-refractivity contribution >= 4 is 23.0 Å². The summed E-state index contributed by atoms with van der Waals surface area (Å²) >= 11 is 0. The maximum atomic E-state index is 11.0. The number of nitrogens with one attached hydrogen (secondary N) is 1. The predicted octanol–water partition coefficient (Wildman–Crippen LogP) is 1.57.